The van der Waals surface area contributed by atoms with Crippen LogP contribution in [0.15, 0.2) is 48.5 Å². The van der Waals surface area contributed by atoms with E-state index in [0.29, 0.717) is 55.0 Å². The minimum atomic E-state index is -3.77. The van der Waals surface area contributed by atoms with E-state index in [4.69, 9.17) is 23.5 Å². The van der Waals surface area contributed by atoms with Crippen LogP contribution in [0, 0.1) is 22.6 Å². The summed E-state index contributed by atoms with van der Waals surface area (Å²) in [6, 6.07) is 14.5. The van der Waals surface area contributed by atoms with Gasteiger partial charge in [-0.3, -0.25) is 14.2 Å². The van der Waals surface area contributed by atoms with E-state index in [0.717, 1.165) is 37.6 Å². The van der Waals surface area contributed by atoms with E-state index in [1.807, 2.05) is 6.07 Å². The molecule has 3 aromatic rings. The molecule has 1 aromatic heterocycles. The van der Waals surface area contributed by atoms with Gasteiger partial charge < -0.3 is 28.3 Å². The summed E-state index contributed by atoms with van der Waals surface area (Å²) in [6.45, 7) is 2.32. The maximum absolute atomic E-state index is 14.5. The van der Waals surface area contributed by atoms with Crippen molar-refractivity contribution in [2.75, 3.05) is 45.3 Å². The Morgan fingerprint density at radius 1 is 1.10 bits per heavy atom. The molecule has 2 saturated heterocycles. The molecule has 1 spiro atoms. The SMILES string of the molecule is COP(=O)(OC)C1OC(=O)c2ccc(OC3CCC3c3nc(N4CCC5(CCN(C(=O)c6cc(C=O)ccc6F)C5)C4)ccc3C#N)cc21. The Balaban J connectivity index is 1.06. The summed E-state index contributed by atoms with van der Waals surface area (Å²) >= 11 is 0. The van der Waals surface area contributed by atoms with Gasteiger partial charge >= 0.3 is 13.6 Å². The highest BCUT2D eigenvalue weighted by molar-refractivity contribution is 7.54. The normalized spacial score (nSPS) is 24.4. The fourth-order valence-corrected chi connectivity index (χ4v) is 8.68. The minimum absolute atomic E-state index is 0.0985. The van der Waals surface area contributed by atoms with Gasteiger partial charge in [-0.05, 0) is 74.2 Å². The molecule has 4 unspecified atom stereocenters. The quantitative estimate of drug-likeness (QED) is 0.157. The standard InChI is InChI=1S/C35H34FN4O8P/c1-45-49(44,46-2)34-26-16-23(5-6-24(26)33(43)48-34)47-29-9-7-25(29)31-22(17-37)4-10-30(38-31)39-13-11-35(19-39)12-14-40(20-35)32(42)27-15-21(18-41)3-8-28(27)36/h3-6,8,10,15-16,18,25,29,34H,7,9,11-14,19-20H2,1-2H3. The second-order valence-electron chi connectivity index (χ2n) is 13.0. The number of nitriles is 1. The zero-order valence-electron chi connectivity index (χ0n) is 27.0. The van der Waals surface area contributed by atoms with Crippen LogP contribution in [0.25, 0.3) is 0 Å². The Bertz CT molecular complexity index is 1940. The molecule has 12 nitrogen and oxygen atoms in total. The fraction of sp³-hybridized carbons (Fsp3) is 0.400. The van der Waals surface area contributed by atoms with Crippen molar-refractivity contribution in [3.05, 3.63) is 87.9 Å². The molecule has 254 valence electrons. The molecular weight excluding hydrogens is 654 g/mol. The highest BCUT2D eigenvalue weighted by Gasteiger charge is 2.47. The summed E-state index contributed by atoms with van der Waals surface area (Å²) in [5.41, 5.74) is 1.69. The summed E-state index contributed by atoms with van der Waals surface area (Å²) in [7, 11) is -1.30. The lowest BCUT2D eigenvalue weighted by Crippen LogP contribution is -2.36. The molecule has 1 amide bonds. The predicted molar refractivity (Wildman–Crippen MR) is 173 cm³/mol. The first-order valence-corrected chi connectivity index (χ1v) is 17.6. The molecule has 49 heavy (non-hydrogen) atoms. The topological polar surface area (TPSA) is 148 Å². The molecule has 7 rings (SSSR count). The lowest BCUT2D eigenvalue weighted by molar-refractivity contribution is 0.0455. The molecule has 0 bridgehead atoms. The lowest BCUT2D eigenvalue weighted by atomic mass is 9.78. The van der Waals surface area contributed by atoms with Crippen molar-refractivity contribution < 1.29 is 41.9 Å². The maximum atomic E-state index is 14.5. The first kappa shape index (κ1) is 32.9. The van der Waals surface area contributed by atoms with Crippen molar-refractivity contribution >= 4 is 31.6 Å². The van der Waals surface area contributed by atoms with E-state index in [-0.39, 0.29) is 34.1 Å². The fourth-order valence-electron chi connectivity index (χ4n) is 7.37. The van der Waals surface area contributed by atoms with Gasteiger partial charge in [-0.15, -0.1) is 0 Å². The highest BCUT2D eigenvalue weighted by Crippen LogP contribution is 2.63. The molecule has 3 fully saturated rings. The predicted octanol–water partition coefficient (Wildman–Crippen LogP) is 5.63. The van der Waals surface area contributed by atoms with Crippen LogP contribution in [-0.4, -0.2) is 74.5 Å². The van der Waals surface area contributed by atoms with Crippen LogP contribution in [0.1, 0.15) is 85.3 Å². The number of carbonyl (C=O) groups excluding carboxylic acids is 3. The number of esters is 1. The first-order valence-electron chi connectivity index (χ1n) is 16.0. The minimum Gasteiger partial charge on any atom is -0.490 e. The second kappa shape index (κ2) is 12.7. The van der Waals surface area contributed by atoms with Gasteiger partial charge in [0.05, 0.1) is 22.4 Å². The Morgan fingerprint density at radius 2 is 1.90 bits per heavy atom. The van der Waals surface area contributed by atoms with Crippen molar-refractivity contribution in [1.29, 1.82) is 5.26 Å². The maximum Gasteiger partial charge on any atom is 0.375 e. The molecule has 3 aliphatic heterocycles. The van der Waals surface area contributed by atoms with Crippen LogP contribution in [0.2, 0.25) is 0 Å². The summed E-state index contributed by atoms with van der Waals surface area (Å²) in [6.07, 6.45) is 3.37. The number of hydrogen-bond donors (Lipinski definition) is 0. The Morgan fingerprint density at radius 3 is 2.61 bits per heavy atom. The summed E-state index contributed by atoms with van der Waals surface area (Å²) in [5, 5.41) is 9.97. The number of hydrogen-bond acceptors (Lipinski definition) is 11. The van der Waals surface area contributed by atoms with E-state index >= 15 is 0 Å². The van der Waals surface area contributed by atoms with E-state index < -0.39 is 31.1 Å². The average molecular weight is 689 g/mol. The van der Waals surface area contributed by atoms with Gasteiger partial charge in [0.1, 0.15) is 35.8 Å². The first-order chi connectivity index (χ1) is 23.6. The van der Waals surface area contributed by atoms with Crippen LogP contribution in [0.4, 0.5) is 10.2 Å². The van der Waals surface area contributed by atoms with Crippen molar-refractivity contribution in [2.45, 2.75) is 43.6 Å². The van der Waals surface area contributed by atoms with E-state index in [1.165, 1.54) is 26.4 Å². The number of aldehydes is 1. The number of likely N-dealkylation sites (tertiary alicyclic amines) is 1. The number of cyclic esters (lactones) is 1. The van der Waals surface area contributed by atoms with Gasteiger partial charge in [0.15, 0.2) is 0 Å². The molecule has 0 N–H and O–H groups in total. The summed E-state index contributed by atoms with van der Waals surface area (Å²) < 4.78 is 49.5. The van der Waals surface area contributed by atoms with Crippen LogP contribution >= 0.6 is 7.60 Å². The van der Waals surface area contributed by atoms with Gasteiger partial charge in [-0.1, -0.05) is 0 Å². The monoisotopic (exact) mass is 688 g/mol. The third-order valence-corrected chi connectivity index (χ3v) is 12.2. The number of amides is 1. The Kier molecular flexibility index (Phi) is 8.51. The molecule has 4 aliphatic rings. The summed E-state index contributed by atoms with van der Waals surface area (Å²) in [4.78, 5) is 45.7. The molecule has 0 radical (unpaired) electrons. The molecule has 14 heteroatoms. The van der Waals surface area contributed by atoms with Gasteiger partial charge in [0.25, 0.3) is 5.91 Å². The van der Waals surface area contributed by atoms with Gasteiger partial charge in [-0.2, -0.15) is 5.26 Å². The van der Waals surface area contributed by atoms with Crippen LogP contribution in [-0.2, 0) is 18.3 Å². The second-order valence-corrected chi connectivity index (χ2v) is 15.3. The van der Waals surface area contributed by atoms with Crippen molar-refractivity contribution in [3.63, 3.8) is 0 Å². The van der Waals surface area contributed by atoms with Gasteiger partial charge in [0, 0.05) is 62.9 Å². The number of carbonyl (C=O) groups is 3. The Hall–Kier alpha value is -4.63. The smallest absolute Gasteiger partial charge is 0.375 e. The van der Waals surface area contributed by atoms with Gasteiger partial charge in [-0.25, -0.2) is 14.2 Å². The van der Waals surface area contributed by atoms with Crippen molar-refractivity contribution in [1.82, 2.24) is 9.88 Å². The number of pyridine rings is 1. The zero-order valence-corrected chi connectivity index (χ0v) is 27.9. The average Bonchev–Trinajstić information content (AvgIpc) is 3.83. The van der Waals surface area contributed by atoms with Crippen LogP contribution < -0.4 is 9.64 Å². The Labute approximate surface area is 282 Å². The number of halogens is 1. The summed E-state index contributed by atoms with van der Waals surface area (Å²) in [5.74, 6) is -1.88. The zero-order chi connectivity index (χ0) is 34.5. The van der Waals surface area contributed by atoms with Crippen molar-refractivity contribution in [2.24, 2.45) is 5.41 Å². The molecule has 4 atom stereocenters. The number of anilines is 1. The number of benzene rings is 2. The van der Waals surface area contributed by atoms with E-state index in [2.05, 4.69) is 11.0 Å². The van der Waals surface area contributed by atoms with Gasteiger partial charge in [0.2, 0.25) is 5.85 Å². The number of rotatable bonds is 9. The van der Waals surface area contributed by atoms with Crippen LogP contribution in [0.3, 0.4) is 0 Å². The van der Waals surface area contributed by atoms with Crippen LogP contribution in [0.5, 0.6) is 5.75 Å². The van der Waals surface area contributed by atoms with Crippen molar-refractivity contribution in [3.8, 4) is 11.8 Å². The number of nitrogens with zero attached hydrogens (tertiary/aromatic N) is 4. The number of ether oxygens (including phenoxy) is 2. The molecule has 2 aromatic carbocycles. The number of fused-ring (bicyclic) bond motifs is 1. The molecule has 1 saturated carbocycles. The highest BCUT2D eigenvalue weighted by atomic mass is 31.2. The van der Waals surface area contributed by atoms with E-state index in [1.54, 1.807) is 29.2 Å². The third-order valence-electron chi connectivity index (χ3n) is 10.2. The molecule has 4 heterocycles. The van der Waals surface area contributed by atoms with E-state index in [9.17, 15) is 28.6 Å². The largest absolute Gasteiger partial charge is 0.490 e. The third kappa shape index (κ3) is 5.78. The lowest BCUT2D eigenvalue weighted by Gasteiger charge is -2.37. The molecular formula is C35H34FN4O8P. The number of aromatic nitrogens is 1. The molecule has 1 aliphatic carbocycles.